The molecule has 0 aliphatic carbocycles. The van der Waals surface area contributed by atoms with E-state index < -0.39 is 0 Å². The third-order valence-corrected chi connectivity index (χ3v) is 6.37. The van der Waals surface area contributed by atoms with Gasteiger partial charge in [-0.3, -0.25) is 4.79 Å². The SMILES string of the molecule is CCCCCCCCc1ccc(/C=C/C(=O)c2cc(CCCCCCCC)ccc2O)cc1. The molecule has 0 amide bonds. The van der Waals surface area contributed by atoms with Crippen molar-refractivity contribution >= 4 is 11.9 Å². The molecule has 2 aromatic rings. The molecule has 0 aromatic heterocycles. The lowest BCUT2D eigenvalue weighted by molar-refractivity contribution is 0.104. The van der Waals surface area contributed by atoms with Crippen molar-refractivity contribution in [2.24, 2.45) is 0 Å². The van der Waals surface area contributed by atoms with Crippen LogP contribution >= 0.6 is 0 Å². The molecule has 2 aromatic carbocycles. The molecule has 0 saturated heterocycles. The van der Waals surface area contributed by atoms with E-state index in [2.05, 4.69) is 38.1 Å². The second kappa shape index (κ2) is 16.3. The summed E-state index contributed by atoms with van der Waals surface area (Å²) in [5, 5.41) is 10.2. The summed E-state index contributed by atoms with van der Waals surface area (Å²) in [6.45, 7) is 4.48. The first-order valence-electron chi connectivity index (χ1n) is 13.3. The number of ketones is 1. The zero-order valence-corrected chi connectivity index (χ0v) is 21.0. The normalized spacial score (nSPS) is 11.3. The van der Waals surface area contributed by atoms with Gasteiger partial charge in [0.25, 0.3) is 0 Å². The van der Waals surface area contributed by atoms with Crippen molar-refractivity contribution < 1.29 is 9.90 Å². The van der Waals surface area contributed by atoms with E-state index >= 15 is 0 Å². The summed E-state index contributed by atoms with van der Waals surface area (Å²) in [6.07, 6.45) is 20.9. The Bertz CT molecular complexity index is 833. The van der Waals surface area contributed by atoms with Gasteiger partial charge in [-0.2, -0.15) is 0 Å². The van der Waals surface area contributed by atoms with Gasteiger partial charge >= 0.3 is 0 Å². The highest BCUT2D eigenvalue weighted by molar-refractivity contribution is 6.08. The first-order chi connectivity index (χ1) is 16.1. The quantitative estimate of drug-likeness (QED) is 0.149. The summed E-state index contributed by atoms with van der Waals surface area (Å²) in [4.78, 5) is 12.7. The molecule has 180 valence electrons. The van der Waals surface area contributed by atoms with Gasteiger partial charge in [-0.25, -0.2) is 0 Å². The Morgan fingerprint density at radius 1 is 0.697 bits per heavy atom. The second-order valence-electron chi connectivity index (χ2n) is 9.33. The number of benzene rings is 2. The number of aryl methyl sites for hydroxylation is 2. The van der Waals surface area contributed by atoms with Crippen LogP contribution in [0.15, 0.2) is 48.5 Å². The van der Waals surface area contributed by atoms with Gasteiger partial charge in [0.15, 0.2) is 5.78 Å². The number of hydrogen-bond acceptors (Lipinski definition) is 2. The highest BCUT2D eigenvalue weighted by Gasteiger charge is 2.09. The van der Waals surface area contributed by atoms with Gasteiger partial charge in [0.05, 0.1) is 5.56 Å². The molecule has 0 radical (unpaired) electrons. The number of carbonyl (C=O) groups excluding carboxylic acids is 1. The first-order valence-corrected chi connectivity index (χ1v) is 13.3. The summed E-state index contributed by atoms with van der Waals surface area (Å²) < 4.78 is 0. The fourth-order valence-corrected chi connectivity index (χ4v) is 4.21. The van der Waals surface area contributed by atoms with Crippen LogP contribution in [0.1, 0.15) is 118 Å². The Kier molecular flexibility index (Phi) is 13.3. The number of hydrogen-bond donors (Lipinski definition) is 1. The van der Waals surface area contributed by atoms with Crippen molar-refractivity contribution in [3.63, 3.8) is 0 Å². The minimum Gasteiger partial charge on any atom is -0.507 e. The highest BCUT2D eigenvalue weighted by Crippen LogP contribution is 2.22. The van der Waals surface area contributed by atoms with Gasteiger partial charge in [-0.15, -0.1) is 0 Å². The van der Waals surface area contributed by atoms with Crippen LogP contribution in [-0.4, -0.2) is 10.9 Å². The minimum atomic E-state index is -0.145. The monoisotopic (exact) mass is 448 g/mol. The van der Waals surface area contributed by atoms with Crippen LogP contribution in [0.25, 0.3) is 6.08 Å². The van der Waals surface area contributed by atoms with Crippen molar-refractivity contribution in [2.45, 2.75) is 104 Å². The van der Waals surface area contributed by atoms with Gasteiger partial charge in [0, 0.05) is 0 Å². The van der Waals surface area contributed by atoms with E-state index in [4.69, 9.17) is 0 Å². The predicted octanol–water partition coefficient (Wildman–Crippen LogP) is 9.09. The fourth-order valence-electron chi connectivity index (χ4n) is 4.21. The van der Waals surface area contributed by atoms with Crippen LogP contribution in [-0.2, 0) is 12.8 Å². The topological polar surface area (TPSA) is 37.3 Å². The molecule has 0 spiro atoms. The lowest BCUT2D eigenvalue weighted by Gasteiger charge is -2.06. The number of carbonyl (C=O) groups is 1. The van der Waals surface area contributed by atoms with Gasteiger partial charge in [0.2, 0.25) is 0 Å². The average molecular weight is 449 g/mol. The third kappa shape index (κ3) is 10.9. The summed E-state index contributed by atoms with van der Waals surface area (Å²) >= 11 is 0. The molecule has 33 heavy (non-hydrogen) atoms. The van der Waals surface area contributed by atoms with E-state index in [1.54, 1.807) is 12.1 Å². The fraction of sp³-hybridized carbons (Fsp3) is 0.516. The standard InChI is InChI=1S/C31H44O2/c1-3-5-7-9-11-13-15-26-17-19-27(20-18-26)21-23-30(32)29-25-28(22-24-31(29)33)16-14-12-10-8-6-4-2/h17-25,33H,3-16H2,1-2H3/b23-21+. The van der Waals surface area contributed by atoms with Crippen LogP contribution in [0.3, 0.4) is 0 Å². The molecule has 0 bridgehead atoms. The maximum Gasteiger partial charge on any atom is 0.189 e. The molecular weight excluding hydrogens is 404 g/mol. The lowest BCUT2D eigenvalue weighted by Crippen LogP contribution is -1.97. The molecule has 0 fully saturated rings. The minimum absolute atomic E-state index is 0.0608. The maximum atomic E-state index is 12.7. The second-order valence-corrected chi connectivity index (χ2v) is 9.33. The smallest absolute Gasteiger partial charge is 0.189 e. The highest BCUT2D eigenvalue weighted by atomic mass is 16.3. The number of unbranched alkanes of at least 4 members (excludes halogenated alkanes) is 10. The molecule has 2 rings (SSSR count). The number of rotatable bonds is 17. The Labute approximate surface area is 202 Å². The zero-order chi connectivity index (χ0) is 23.7. The molecule has 0 unspecified atom stereocenters. The Morgan fingerprint density at radius 2 is 1.21 bits per heavy atom. The number of aromatic hydroxyl groups is 1. The summed E-state index contributed by atoms with van der Waals surface area (Å²) in [7, 11) is 0. The Hall–Kier alpha value is -2.35. The number of phenols is 1. The molecule has 0 heterocycles. The molecular formula is C31H44O2. The lowest BCUT2D eigenvalue weighted by atomic mass is 10.00. The Morgan fingerprint density at radius 3 is 1.82 bits per heavy atom. The summed E-state index contributed by atoms with van der Waals surface area (Å²) in [5.74, 6) is -0.0842. The zero-order valence-electron chi connectivity index (χ0n) is 21.0. The van der Waals surface area contributed by atoms with Gasteiger partial charge in [-0.05, 0) is 60.6 Å². The number of phenolic OH excluding ortho intramolecular Hbond substituents is 1. The van der Waals surface area contributed by atoms with Crippen molar-refractivity contribution in [2.75, 3.05) is 0 Å². The van der Waals surface area contributed by atoms with Crippen LogP contribution in [0.4, 0.5) is 0 Å². The maximum absolute atomic E-state index is 12.7. The van der Waals surface area contributed by atoms with E-state index in [-0.39, 0.29) is 11.5 Å². The molecule has 0 saturated carbocycles. The molecule has 2 heteroatoms. The van der Waals surface area contributed by atoms with Crippen LogP contribution in [0.2, 0.25) is 0 Å². The van der Waals surface area contributed by atoms with Gasteiger partial charge < -0.3 is 5.11 Å². The summed E-state index contributed by atoms with van der Waals surface area (Å²) in [5.41, 5.74) is 3.89. The molecule has 0 aliphatic rings. The molecule has 0 aliphatic heterocycles. The molecule has 0 atom stereocenters. The van der Waals surface area contributed by atoms with Crippen LogP contribution in [0.5, 0.6) is 5.75 Å². The first kappa shape index (κ1) is 26.9. The van der Waals surface area contributed by atoms with Crippen molar-refractivity contribution in [1.82, 2.24) is 0 Å². The number of allylic oxidation sites excluding steroid dienone is 1. The van der Waals surface area contributed by atoms with E-state index in [0.717, 1.165) is 30.4 Å². The van der Waals surface area contributed by atoms with E-state index in [9.17, 15) is 9.90 Å². The predicted molar refractivity (Wildman–Crippen MR) is 142 cm³/mol. The largest absolute Gasteiger partial charge is 0.507 e. The van der Waals surface area contributed by atoms with E-state index in [0.29, 0.717) is 5.56 Å². The molecule has 1 N–H and O–H groups in total. The van der Waals surface area contributed by atoms with Crippen molar-refractivity contribution in [1.29, 1.82) is 0 Å². The summed E-state index contributed by atoms with van der Waals surface area (Å²) in [6, 6.07) is 13.9. The average Bonchev–Trinajstić information content (AvgIpc) is 2.83. The third-order valence-electron chi connectivity index (χ3n) is 6.37. The van der Waals surface area contributed by atoms with Gasteiger partial charge in [0.1, 0.15) is 5.75 Å². The van der Waals surface area contributed by atoms with Crippen LogP contribution in [0, 0.1) is 0 Å². The van der Waals surface area contributed by atoms with E-state index in [1.807, 2.05) is 18.2 Å². The van der Waals surface area contributed by atoms with E-state index in [1.165, 1.54) is 76.2 Å². The molecule has 2 nitrogen and oxygen atoms in total. The Balaban J connectivity index is 1.82. The van der Waals surface area contributed by atoms with Crippen molar-refractivity contribution in [3.05, 3.63) is 70.8 Å². The van der Waals surface area contributed by atoms with Gasteiger partial charge in [-0.1, -0.05) is 114 Å². The van der Waals surface area contributed by atoms with Crippen LogP contribution < -0.4 is 0 Å². The van der Waals surface area contributed by atoms with Crippen molar-refractivity contribution in [3.8, 4) is 5.75 Å².